The fourth-order valence-electron chi connectivity index (χ4n) is 3.98. The van der Waals surface area contributed by atoms with Crippen molar-refractivity contribution in [2.75, 3.05) is 13.6 Å². The average molecular weight is 359 g/mol. The normalized spacial score (nSPS) is 17.2. The van der Waals surface area contributed by atoms with Crippen LogP contribution in [-0.2, 0) is 6.54 Å². The van der Waals surface area contributed by atoms with E-state index in [9.17, 15) is 4.39 Å². The summed E-state index contributed by atoms with van der Waals surface area (Å²) in [5.41, 5.74) is 5.82. The summed E-state index contributed by atoms with van der Waals surface area (Å²) in [5.74, 6) is -0.144. The van der Waals surface area contributed by atoms with E-state index in [1.165, 1.54) is 11.1 Å². The maximum absolute atomic E-state index is 14.5. The smallest absolute Gasteiger partial charge is 0.149 e. The van der Waals surface area contributed by atoms with Crippen LogP contribution < -0.4 is 0 Å². The van der Waals surface area contributed by atoms with Crippen LogP contribution in [-0.4, -0.2) is 38.9 Å². The molecule has 3 heterocycles. The Hall–Kier alpha value is -3.12. The van der Waals surface area contributed by atoms with Crippen LogP contribution in [0.4, 0.5) is 4.39 Å². The number of aromatic nitrogens is 4. The Kier molecular flexibility index (Phi) is 3.72. The van der Waals surface area contributed by atoms with Crippen molar-refractivity contribution in [2.45, 2.75) is 12.5 Å². The number of halogens is 1. The predicted octanol–water partition coefficient (Wildman–Crippen LogP) is 3.74. The van der Waals surface area contributed by atoms with Crippen molar-refractivity contribution >= 4 is 10.9 Å². The minimum atomic E-state index is -0.258. The van der Waals surface area contributed by atoms with Gasteiger partial charge in [-0.25, -0.2) is 4.39 Å². The standard InChI is InChI=1S/C21H18FN5/c1-27-11-16-7-13(20-3-2-6-23-25-20)4-5-17(16)18(12-27)14-8-15-10-24-26-21(15)19(22)9-14/h2-10,18H,11-12H2,1H3,(H,24,26). The largest absolute Gasteiger partial charge is 0.301 e. The van der Waals surface area contributed by atoms with Crippen LogP contribution in [0.1, 0.15) is 22.6 Å². The number of hydrogen-bond donors (Lipinski definition) is 1. The topological polar surface area (TPSA) is 57.7 Å². The van der Waals surface area contributed by atoms with Crippen molar-refractivity contribution in [1.29, 1.82) is 0 Å². The van der Waals surface area contributed by atoms with Gasteiger partial charge in [0.1, 0.15) is 11.3 Å². The number of rotatable bonds is 2. The van der Waals surface area contributed by atoms with Crippen molar-refractivity contribution in [3.8, 4) is 11.3 Å². The first-order valence-electron chi connectivity index (χ1n) is 8.91. The van der Waals surface area contributed by atoms with Gasteiger partial charge in [0.15, 0.2) is 0 Å². The summed E-state index contributed by atoms with van der Waals surface area (Å²) in [6.45, 7) is 1.71. The second kappa shape index (κ2) is 6.25. The molecule has 5 rings (SSSR count). The summed E-state index contributed by atoms with van der Waals surface area (Å²) in [4.78, 5) is 2.27. The molecule has 27 heavy (non-hydrogen) atoms. The van der Waals surface area contributed by atoms with Crippen LogP contribution in [0.25, 0.3) is 22.2 Å². The first kappa shape index (κ1) is 16.1. The summed E-state index contributed by atoms with van der Waals surface area (Å²) < 4.78 is 14.5. The van der Waals surface area contributed by atoms with Gasteiger partial charge in [-0.3, -0.25) is 5.10 Å². The highest BCUT2D eigenvalue weighted by Gasteiger charge is 2.26. The third-order valence-corrected chi connectivity index (χ3v) is 5.25. The fraction of sp³-hybridized carbons (Fsp3) is 0.190. The molecule has 1 N–H and O–H groups in total. The molecule has 134 valence electrons. The zero-order valence-corrected chi connectivity index (χ0v) is 14.9. The highest BCUT2D eigenvalue weighted by atomic mass is 19.1. The van der Waals surface area contributed by atoms with Crippen molar-refractivity contribution in [3.05, 3.63) is 77.4 Å². The van der Waals surface area contributed by atoms with Gasteiger partial charge in [0, 0.05) is 36.2 Å². The second-order valence-corrected chi connectivity index (χ2v) is 7.11. The van der Waals surface area contributed by atoms with Gasteiger partial charge in [-0.1, -0.05) is 12.1 Å². The number of nitrogens with zero attached hydrogens (tertiary/aromatic N) is 4. The molecule has 0 spiro atoms. The number of aromatic amines is 1. The molecule has 5 nitrogen and oxygen atoms in total. The van der Waals surface area contributed by atoms with Gasteiger partial charge in [0.25, 0.3) is 0 Å². The van der Waals surface area contributed by atoms with E-state index in [4.69, 9.17) is 0 Å². The molecule has 0 aliphatic carbocycles. The maximum Gasteiger partial charge on any atom is 0.149 e. The van der Waals surface area contributed by atoms with Crippen molar-refractivity contribution in [1.82, 2.24) is 25.3 Å². The van der Waals surface area contributed by atoms with Crippen LogP contribution in [0.3, 0.4) is 0 Å². The quantitative estimate of drug-likeness (QED) is 0.592. The summed E-state index contributed by atoms with van der Waals surface area (Å²) in [6.07, 6.45) is 3.35. The van der Waals surface area contributed by atoms with E-state index in [2.05, 4.69) is 50.5 Å². The van der Waals surface area contributed by atoms with E-state index >= 15 is 0 Å². The lowest BCUT2D eigenvalue weighted by molar-refractivity contribution is 0.295. The molecule has 2 aromatic carbocycles. The molecule has 0 fully saturated rings. The molecule has 0 radical (unpaired) electrons. The summed E-state index contributed by atoms with van der Waals surface area (Å²) in [6, 6.07) is 13.9. The third kappa shape index (κ3) is 2.78. The SMILES string of the molecule is CN1Cc2cc(-c3cccnn3)ccc2C(c2cc(F)c3[nH]ncc3c2)C1. The number of likely N-dealkylation sites (N-methyl/N-ethyl adjacent to an activating group) is 1. The first-order chi connectivity index (χ1) is 13.2. The molecule has 0 amide bonds. The zero-order chi connectivity index (χ0) is 18.4. The maximum atomic E-state index is 14.5. The van der Waals surface area contributed by atoms with E-state index in [-0.39, 0.29) is 11.7 Å². The zero-order valence-electron chi connectivity index (χ0n) is 14.9. The highest BCUT2D eigenvalue weighted by molar-refractivity contribution is 5.79. The van der Waals surface area contributed by atoms with E-state index in [0.29, 0.717) is 5.52 Å². The van der Waals surface area contributed by atoms with Crippen LogP contribution in [0, 0.1) is 5.82 Å². The average Bonchev–Trinajstić information content (AvgIpc) is 3.17. The molecule has 0 bridgehead atoms. The molecule has 0 saturated carbocycles. The van der Waals surface area contributed by atoms with Crippen molar-refractivity contribution in [3.63, 3.8) is 0 Å². The lowest BCUT2D eigenvalue weighted by atomic mass is 9.83. The van der Waals surface area contributed by atoms with Crippen LogP contribution >= 0.6 is 0 Å². The molecular formula is C21H18FN5. The number of hydrogen-bond acceptors (Lipinski definition) is 4. The van der Waals surface area contributed by atoms with Gasteiger partial charge >= 0.3 is 0 Å². The van der Waals surface area contributed by atoms with E-state index < -0.39 is 0 Å². The van der Waals surface area contributed by atoms with E-state index in [1.807, 2.05) is 18.2 Å². The monoisotopic (exact) mass is 359 g/mol. The molecule has 2 aromatic heterocycles. The Bertz CT molecular complexity index is 1120. The Morgan fingerprint density at radius 1 is 1.19 bits per heavy atom. The molecule has 1 atom stereocenters. The number of benzene rings is 2. The summed E-state index contributed by atoms with van der Waals surface area (Å²) in [5, 5.41) is 15.7. The van der Waals surface area contributed by atoms with Gasteiger partial charge in [0.05, 0.1) is 11.9 Å². The number of fused-ring (bicyclic) bond motifs is 2. The second-order valence-electron chi connectivity index (χ2n) is 7.11. The minimum absolute atomic E-state index is 0.114. The van der Waals surface area contributed by atoms with Crippen molar-refractivity contribution < 1.29 is 4.39 Å². The van der Waals surface area contributed by atoms with Crippen LogP contribution in [0.5, 0.6) is 0 Å². The Labute approximate surface area is 155 Å². The molecule has 1 aliphatic heterocycles. The molecule has 1 unspecified atom stereocenters. The lowest BCUT2D eigenvalue weighted by Crippen LogP contribution is -2.31. The summed E-state index contributed by atoms with van der Waals surface area (Å²) >= 11 is 0. The molecule has 4 aromatic rings. The van der Waals surface area contributed by atoms with E-state index in [1.54, 1.807) is 18.5 Å². The van der Waals surface area contributed by atoms with Gasteiger partial charge in [-0.15, -0.1) is 0 Å². The molecule has 6 heteroatoms. The van der Waals surface area contributed by atoms with Gasteiger partial charge in [0.2, 0.25) is 0 Å². The molecule has 1 aliphatic rings. The fourth-order valence-corrected chi connectivity index (χ4v) is 3.98. The molecular weight excluding hydrogens is 341 g/mol. The third-order valence-electron chi connectivity index (χ3n) is 5.25. The van der Waals surface area contributed by atoms with E-state index in [0.717, 1.165) is 35.3 Å². The lowest BCUT2D eigenvalue weighted by Gasteiger charge is -2.33. The van der Waals surface area contributed by atoms with Crippen molar-refractivity contribution in [2.24, 2.45) is 0 Å². The predicted molar refractivity (Wildman–Crippen MR) is 102 cm³/mol. The first-order valence-corrected chi connectivity index (χ1v) is 8.91. The minimum Gasteiger partial charge on any atom is -0.301 e. The Morgan fingerprint density at radius 2 is 2.11 bits per heavy atom. The summed E-state index contributed by atoms with van der Waals surface area (Å²) in [7, 11) is 2.09. The Morgan fingerprint density at radius 3 is 2.96 bits per heavy atom. The highest BCUT2D eigenvalue weighted by Crippen LogP contribution is 2.36. The van der Waals surface area contributed by atoms with Crippen LogP contribution in [0.15, 0.2) is 54.9 Å². The van der Waals surface area contributed by atoms with Gasteiger partial charge in [-0.2, -0.15) is 15.3 Å². The van der Waals surface area contributed by atoms with Gasteiger partial charge < -0.3 is 4.90 Å². The molecule has 0 saturated heterocycles. The Balaban J connectivity index is 1.61. The number of H-pyrrole nitrogens is 1. The van der Waals surface area contributed by atoms with Gasteiger partial charge in [-0.05, 0) is 54.1 Å². The van der Waals surface area contributed by atoms with Crippen LogP contribution in [0.2, 0.25) is 0 Å². The number of nitrogens with one attached hydrogen (secondary N) is 1.